The number of benzene rings is 11. The molecule has 0 radical (unpaired) electrons. The summed E-state index contributed by atoms with van der Waals surface area (Å²) < 4.78 is 9.11. The molecule has 2 nitrogen and oxygen atoms in total. The van der Waals surface area contributed by atoms with Crippen molar-refractivity contribution in [3.8, 4) is 66.8 Å². The van der Waals surface area contributed by atoms with Crippen LogP contribution in [0.5, 0.6) is 0 Å². The third-order valence-electron chi connectivity index (χ3n) is 15.1. The molecule has 340 valence electrons. The Morgan fingerprint density at radius 3 is 1.54 bits per heavy atom. The van der Waals surface area contributed by atoms with Gasteiger partial charge in [-0.1, -0.05) is 184 Å². The van der Waals surface area contributed by atoms with Crippen LogP contribution < -0.4 is 4.90 Å². The van der Waals surface area contributed by atoms with Gasteiger partial charge < -0.3 is 9.32 Å². The Kier molecular flexibility index (Phi) is 9.77. The van der Waals surface area contributed by atoms with Gasteiger partial charge in [-0.25, -0.2) is 0 Å². The fraction of sp³-hybridized carbons (Fsp3) is 0.0435. The maximum Gasteiger partial charge on any atom is 0.143 e. The molecule has 0 N–H and O–H groups in total. The van der Waals surface area contributed by atoms with Gasteiger partial charge in [0.05, 0.1) is 0 Å². The van der Waals surface area contributed by atoms with Crippen LogP contribution in [0.15, 0.2) is 253 Å². The molecule has 72 heavy (non-hydrogen) atoms. The number of hydrogen-bond acceptors (Lipinski definition) is 3. The van der Waals surface area contributed by atoms with Crippen molar-refractivity contribution in [2.45, 2.75) is 19.3 Å². The van der Waals surface area contributed by atoms with Crippen LogP contribution in [0, 0.1) is 0 Å². The highest BCUT2D eigenvalue weighted by atomic mass is 32.1. The van der Waals surface area contributed by atoms with Gasteiger partial charge in [0.25, 0.3) is 0 Å². The molecule has 0 saturated heterocycles. The fourth-order valence-corrected chi connectivity index (χ4v) is 12.6. The van der Waals surface area contributed by atoms with Crippen LogP contribution >= 0.6 is 11.3 Å². The Hall–Kier alpha value is -8.76. The molecule has 2 aromatic heterocycles. The van der Waals surface area contributed by atoms with Crippen LogP contribution in [0.1, 0.15) is 25.0 Å². The van der Waals surface area contributed by atoms with E-state index in [-0.39, 0.29) is 5.41 Å². The van der Waals surface area contributed by atoms with Gasteiger partial charge in [0.2, 0.25) is 0 Å². The van der Waals surface area contributed by atoms with Gasteiger partial charge in [-0.05, 0) is 151 Å². The van der Waals surface area contributed by atoms with Gasteiger partial charge >= 0.3 is 0 Å². The standard InChI is InChI=1S/C69H47NOS/c1-69(2)63-38-30-49(40-60(63)62-43-51(44-14-5-3-6-15-44)42-59(67(62)69)47-16-7-4-8-17-47)45-24-32-52(33-25-45)70(53-34-26-46(27-35-53)50-31-39-66-61(41-50)57-19-10-12-23-65(57)72-66)54-36-28-48(29-37-54)55-20-13-21-58-56-18-9-11-22-64(56)71-68(55)58/h3-43H,1-2H3. The highest BCUT2D eigenvalue weighted by Gasteiger charge is 2.38. The molecule has 11 aromatic carbocycles. The monoisotopic (exact) mass is 937 g/mol. The summed E-state index contributed by atoms with van der Waals surface area (Å²) in [6.45, 7) is 4.77. The molecule has 13 aromatic rings. The predicted octanol–water partition coefficient (Wildman–Crippen LogP) is 20.1. The zero-order valence-electron chi connectivity index (χ0n) is 39.9. The summed E-state index contributed by atoms with van der Waals surface area (Å²) in [6.07, 6.45) is 0. The zero-order valence-corrected chi connectivity index (χ0v) is 40.8. The first-order chi connectivity index (χ1) is 35.4. The molecule has 0 fully saturated rings. The van der Waals surface area contributed by atoms with Gasteiger partial charge in [0.1, 0.15) is 11.2 Å². The Labute approximate surface area is 423 Å². The molecule has 0 atom stereocenters. The molecular formula is C69H47NOS. The predicted molar refractivity (Wildman–Crippen MR) is 306 cm³/mol. The largest absolute Gasteiger partial charge is 0.455 e. The molecule has 1 aliphatic carbocycles. The number of anilines is 3. The minimum atomic E-state index is -0.178. The Morgan fingerprint density at radius 1 is 0.333 bits per heavy atom. The molecule has 0 unspecified atom stereocenters. The molecular weight excluding hydrogens is 891 g/mol. The molecule has 0 amide bonds. The van der Waals surface area contributed by atoms with Crippen LogP contribution in [0.25, 0.3) is 109 Å². The van der Waals surface area contributed by atoms with Crippen LogP contribution in [0.3, 0.4) is 0 Å². The van der Waals surface area contributed by atoms with Crippen LogP contribution in [-0.4, -0.2) is 0 Å². The summed E-state index contributed by atoms with van der Waals surface area (Å²) in [5, 5.41) is 4.89. The Morgan fingerprint density at radius 2 is 0.833 bits per heavy atom. The quantitative estimate of drug-likeness (QED) is 0.151. The van der Waals surface area contributed by atoms with Gasteiger partial charge in [-0.3, -0.25) is 0 Å². The summed E-state index contributed by atoms with van der Waals surface area (Å²) in [7, 11) is 0. The summed E-state index contributed by atoms with van der Waals surface area (Å²) in [4.78, 5) is 2.37. The van der Waals surface area contributed by atoms with E-state index in [1.165, 1.54) is 86.9 Å². The number of para-hydroxylation sites is 2. The summed E-state index contributed by atoms with van der Waals surface area (Å²) in [5.74, 6) is 0. The maximum absolute atomic E-state index is 6.48. The maximum atomic E-state index is 6.48. The van der Waals surface area contributed by atoms with Gasteiger partial charge in [-0.2, -0.15) is 0 Å². The van der Waals surface area contributed by atoms with Gasteiger partial charge in [-0.15, -0.1) is 11.3 Å². The lowest BCUT2D eigenvalue weighted by atomic mass is 9.78. The number of hydrogen-bond donors (Lipinski definition) is 0. The average molecular weight is 938 g/mol. The van der Waals surface area contributed by atoms with E-state index in [4.69, 9.17) is 4.42 Å². The van der Waals surface area contributed by atoms with Crippen molar-refractivity contribution in [3.05, 3.63) is 260 Å². The Balaban J connectivity index is 0.851. The minimum Gasteiger partial charge on any atom is -0.455 e. The zero-order chi connectivity index (χ0) is 47.9. The molecule has 0 spiro atoms. The number of thiophene rings is 1. The van der Waals surface area contributed by atoms with Crippen LogP contribution in [-0.2, 0) is 5.41 Å². The van der Waals surface area contributed by atoms with E-state index in [1.807, 2.05) is 23.5 Å². The second-order valence-corrected chi connectivity index (χ2v) is 20.7. The lowest BCUT2D eigenvalue weighted by molar-refractivity contribution is 0.662. The molecule has 1 aliphatic rings. The smallest absolute Gasteiger partial charge is 0.143 e. The molecule has 3 heteroatoms. The highest BCUT2D eigenvalue weighted by molar-refractivity contribution is 7.25. The summed E-state index contributed by atoms with van der Waals surface area (Å²) in [5.41, 5.74) is 22.2. The third-order valence-corrected chi connectivity index (χ3v) is 16.2. The van der Waals surface area contributed by atoms with Crippen molar-refractivity contribution >= 4 is 70.5 Å². The van der Waals surface area contributed by atoms with E-state index in [2.05, 4.69) is 255 Å². The lowest BCUT2D eigenvalue weighted by Crippen LogP contribution is -2.16. The van der Waals surface area contributed by atoms with E-state index in [1.54, 1.807) is 0 Å². The third kappa shape index (κ3) is 6.92. The summed E-state index contributed by atoms with van der Waals surface area (Å²) in [6, 6.07) is 91.0. The van der Waals surface area contributed by atoms with Crippen molar-refractivity contribution in [1.29, 1.82) is 0 Å². The van der Waals surface area contributed by atoms with Gasteiger partial charge in [0, 0.05) is 59.0 Å². The average Bonchev–Trinajstić information content (AvgIpc) is 4.09. The molecule has 0 bridgehead atoms. The first-order valence-electron chi connectivity index (χ1n) is 24.8. The Bertz CT molecular complexity index is 4200. The van der Waals surface area contributed by atoms with Crippen molar-refractivity contribution < 1.29 is 4.42 Å². The van der Waals surface area contributed by atoms with Gasteiger partial charge in [0.15, 0.2) is 0 Å². The van der Waals surface area contributed by atoms with Crippen LogP contribution in [0.2, 0.25) is 0 Å². The fourth-order valence-electron chi connectivity index (χ4n) is 11.5. The summed E-state index contributed by atoms with van der Waals surface area (Å²) >= 11 is 1.86. The molecule has 2 heterocycles. The lowest BCUT2D eigenvalue weighted by Gasteiger charge is -2.26. The number of rotatable bonds is 8. The SMILES string of the molecule is CC1(C)c2ccc(-c3ccc(N(c4ccc(-c5ccc6sc7ccccc7c6c5)cc4)c4ccc(-c5cccc6c5oc5ccccc56)cc4)cc3)cc2-c2cc(-c3ccccc3)cc(-c3ccccc3)c21. The first-order valence-corrected chi connectivity index (χ1v) is 25.6. The van der Waals surface area contributed by atoms with Crippen molar-refractivity contribution in [2.75, 3.05) is 4.90 Å². The molecule has 14 rings (SSSR count). The molecule has 0 saturated carbocycles. The minimum absolute atomic E-state index is 0.178. The van der Waals surface area contributed by atoms with E-state index in [0.717, 1.165) is 50.1 Å². The number of nitrogens with zero attached hydrogens (tertiary/aromatic N) is 1. The number of fused-ring (bicyclic) bond motifs is 9. The van der Waals surface area contributed by atoms with E-state index in [9.17, 15) is 0 Å². The van der Waals surface area contributed by atoms with E-state index >= 15 is 0 Å². The van der Waals surface area contributed by atoms with Crippen molar-refractivity contribution in [1.82, 2.24) is 0 Å². The normalized spacial score (nSPS) is 12.7. The van der Waals surface area contributed by atoms with Crippen LogP contribution in [0.4, 0.5) is 17.1 Å². The first kappa shape index (κ1) is 42.1. The highest BCUT2D eigenvalue weighted by Crippen LogP contribution is 2.54. The molecule has 0 aliphatic heterocycles. The second kappa shape index (κ2) is 16.7. The van der Waals surface area contributed by atoms with Crippen molar-refractivity contribution in [3.63, 3.8) is 0 Å². The topological polar surface area (TPSA) is 16.4 Å². The number of furan rings is 1. The van der Waals surface area contributed by atoms with Crippen molar-refractivity contribution in [2.24, 2.45) is 0 Å². The van der Waals surface area contributed by atoms with E-state index < -0.39 is 0 Å². The second-order valence-electron chi connectivity index (χ2n) is 19.6. The van der Waals surface area contributed by atoms with E-state index in [0.29, 0.717) is 0 Å².